The molecule has 168 valence electrons. The van der Waals surface area contributed by atoms with E-state index in [1.54, 1.807) is 56.9 Å². The van der Waals surface area contributed by atoms with Gasteiger partial charge < -0.3 is 23.9 Å². The molecule has 0 saturated heterocycles. The van der Waals surface area contributed by atoms with Gasteiger partial charge in [-0.05, 0) is 64.1 Å². The lowest BCUT2D eigenvalue weighted by Crippen LogP contribution is -2.35. The lowest BCUT2D eigenvalue weighted by molar-refractivity contribution is -0.139. The minimum absolute atomic E-state index is 0.124. The van der Waals surface area contributed by atoms with Crippen molar-refractivity contribution in [1.82, 2.24) is 0 Å². The van der Waals surface area contributed by atoms with Crippen LogP contribution in [-0.2, 0) is 19.1 Å². The summed E-state index contributed by atoms with van der Waals surface area (Å²) in [5.74, 6) is -2.60. The number of rotatable bonds is 7. The van der Waals surface area contributed by atoms with Crippen LogP contribution in [0.15, 0.2) is 69.6 Å². The monoisotopic (exact) mass is 439 g/mol. The summed E-state index contributed by atoms with van der Waals surface area (Å²) in [7, 11) is 0. The Morgan fingerprint density at radius 1 is 0.938 bits per heavy atom. The van der Waals surface area contributed by atoms with Gasteiger partial charge in [-0.25, -0.2) is 14.4 Å². The summed E-state index contributed by atoms with van der Waals surface area (Å²) in [6.07, 6.45) is 1.47. The number of nitrogens with zero attached hydrogens (tertiary/aromatic N) is 1. The highest BCUT2D eigenvalue weighted by molar-refractivity contribution is 6.01. The third-order valence-corrected chi connectivity index (χ3v) is 5.22. The number of carbonyl (C=O) groups excluding carboxylic acids is 2. The maximum atomic E-state index is 13.1. The molecule has 0 unspecified atom stereocenters. The van der Waals surface area contributed by atoms with Gasteiger partial charge in [0.1, 0.15) is 5.76 Å². The van der Waals surface area contributed by atoms with Crippen molar-refractivity contribution >= 4 is 23.6 Å². The van der Waals surface area contributed by atoms with Gasteiger partial charge in [0.25, 0.3) is 0 Å². The molecule has 1 aromatic carbocycles. The standard InChI is InChI=1S/C24H25NO7/c1-5-30-23(28)19-14(3)25(17-11-9-16(10-12-17)22(26)27)15(4)20(24(29)31-6-2)21(19)18-8-7-13-32-18/h7-13,21H,5-6H2,1-4H3,(H,26,27). The van der Waals surface area contributed by atoms with Gasteiger partial charge in [-0.3, -0.25) is 0 Å². The van der Waals surface area contributed by atoms with Crippen molar-refractivity contribution in [3.63, 3.8) is 0 Å². The molecule has 0 aliphatic carbocycles. The van der Waals surface area contributed by atoms with Crippen LogP contribution in [0.5, 0.6) is 0 Å². The summed E-state index contributed by atoms with van der Waals surface area (Å²) in [4.78, 5) is 39.1. The Morgan fingerprint density at radius 2 is 1.47 bits per heavy atom. The Labute approximate surface area is 185 Å². The van der Waals surface area contributed by atoms with E-state index in [0.717, 1.165) is 0 Å². The van der Waals surface area contributed by atoms with Gasteiger partial charge >= 0.3 is 17.9 Å². The lowest BCUT2D eigenvalue weighted by Gasteiger charge is -2.37. The number of hydrogen-bond acceptors (Lipinski definition) is 7. The Morgan fingerprint density at radius 3 is 1.88 bits per heavy atom. The van der Waals surface area contributed by atoms with Gasteiger partial charge in [0.05, 0.1) is 42.1 Å². The number of furan rings is 1. The zero-order valence-electron chi connectivity index (χ0n) is 18.4. The van der Waals surface area contributed by atoms with E-state index in [2.05, 4.69) is 0 Å². The Balaban J connectivity index is 2.26. The van der Waals surface area contributed by atoms with E-state index in [1.165, 1.54) is 18.4 Å². The fourth-order valence-corrected chi connectivity index (χ4v) is 3.88. The van der Waals surface area contributed by atoms with Gasteiger partial charge in [-0.2, -0.15) is 0 Å². The maximum absolute atomic E-state index is 13.1. The molecule has 0 spiro atoms. The number of benzene rings is 1. The van der Waals surface area contributed by atoms with E-state index in [0.29, 0.717) is 22.8 Å². The zero-order chi connectivity index (χ0) is 23.4. The number of carbonyl (C=O) groups is 3. The second-order valence-electron chi connectivity index (χ2n) is 7.07. The molecule has 0 bridgehead atoms. The molecule has 3 rings (SSSR count). The lowest BCUT2D eigenvalue weighted by atomic mass is 9.82. The number of esters is 2. The summed E-state index contributed by atoms with van der Waals surface area (Å²) < 4.78 is 16.2. The predicted octanol–water partition coefficient (Wildman–Crippen LogP) is 4.26. The van der Waals surface area contributed by atoms with Crippen molar-refractivity contribution in [3.8, 4) is 0 Å². The van der Waals surface area contributed by atoms with Gasteiger partial charge in [-0.15, -0.1) is 0 Å². The molecule has 0 atom stereocenters. The quantitative estimate of drug-likeness (QED) is 0.638. The number of carboxylic acid groups (broad SMARTS) is 1. The van der Waals surface area contributed by atoms with Gasteiger partial charge in [-0.1, -0.05) is 0 Å². The van der Waals surface area contributed by atoms with Crippen LogP contribution in [0.3, 0.4) is 0 Å². The van der Waals surface area contributed by atoms with Crippen molar-refractivity contribution < 1.29 is 33.4 Å². The first kappa shape index (κ1) is 22.9. The number of allylic oxidation sites excluding steroid dienone is 2. The summed E-state index contributed by atoms with van der Waals surface area (Å²) in [6.45, 7) is 7.22. The van der Waals surface area contributed by atoms with Crippen LogP contribution in [-0.4, -0.2) is 36.2 Å². The van der Waals surface area contributed by atoms with Crippen LogP contribution >= 0.6 is 0 Å². The van der Waals surface area contributed by atoms with Crippen molar-refractivity contribution in [2.45, 2.75) is 33.6 Å². The SMILES string of the molecule is CCOC(=O)C1=C(C)N(c2ccc(C(=O)O)cc2)C(C)=C(C(=O)OCC)C1c1ccco1. The zero-order valence-corrected chi connectivity index (χ0v) is 18.4. The van der Waals surface area contributed by atoms with Crippen LogP contribution in [0.25, 0.3) is 0 Å². The number of hydrogen-bond donors (Lipinski definition) is 1. The number of carboxylic acids is 1. The van der Waals surface area contributed by atoms with Crippen molar-refractivity contribution in [3.05, 3.63) is 76.5 Å². The van der Waals surface area contributed by atoms with Crippen molar-refractivity contribution in [1.29, 1.82) is 0 Å². The molecule has 0 fully saturated rings. The fraction of sp³-hybridized carbons (Fsp3) is 0.292. The first-order chi connectivity index (χ1) is 15.3. The molecule has 0 radical (unpaired) electrons. The van der Waals surface area contributed by atoms with Crippen LogP contribution in [0.1, 0.15) is 49.7 Å². The smallest absolute Gasteiger partial charge is 0.336 e. The molecule has 0 amide bonds. The molecular weight excluding hydrogens is 414 g/mol. The summed E-state index contributed by atoms with van der Waals surface area (Å²) in [5, 5.41) is 9.21. The van der Waals surface area contributed by atoms with E-state index >= 15 is 0 Å². The van der Waals surface area contributed by atoms with E-state index in [-0.39, 0.29) is 29.9 Å². The summed E-state index contributed by atoms with van der Waals surface area (Å²) in [6, 6.07) is 9.55. The van der Waals surface area contributed by atoms with Crippen molar-refractivity contribution in [2.75, 3.05) is 18.1 Å². The van der Waals surface area contributed by atoms with Gasteiger partial charge in [0.15, 0.2) is 0 Å². The molecule has 1 N–H and O–H groups in total. The largest absolute Gasteiger partial charge is 0.478 e. The van der Waals surface area contributed by atoms with Gasteiger partial charge in [0.2, 0.25) is 0 Å². The fourth-order valence-electron chi connectivity index (χ4n) is 3.88. The third-order valence-electron chi connectivity index (χ3n) is 5.22. The number of ether oxygens (including phenoxy) is 2. The van der Waals surface area contributed by atoms with Crippen LogP contribution in [0.2, 0.25) is 0 Å². The molecule has 1 aliphatic rings. The second kappa shape index (κ2) is 9.55. The minimum atomic E-state index is -1.05. The molecule has 2 aromatic rings. The first-order valence-electron chi connectivity index (χ1n) is 10.2. The van der Waals surface area contributed by atoms with Crippen molar-refractivity contribution in [2.24, 2.45) is 0 Å². The first-order valence-corrected chi connectivity index (χ1v) is 10.2. The topological polar surface area (TPSA) is 106 Å². The Bertz CT molecular complexity index is 1040. The average Bonchev–Trinajstić information content (AvgIpc) is 3.28. The third kappa shape index (κ3) is 4.16. The Kier molecular flexibility index (Phi) is 6.82. The number of aromatic carboxylic acids is 1. The minimum Gasteiger partial charge on any atom is -0.478 e. The average molecular weight is 439 g/mol. The highest BCUT2D eigenvalue weighted by atomic mass is 16.5. The van der Waals surface area contributed by atoms with Gasteiger partial charge in [0, 0.05) is 17.1 Å². The summed E-state index contributed by atoms with van der Waals surface area (Å²) in [5.41, 5.74) is 2.29. The molecule has 1 aromatic heterocycles. The maximum Gasteiger partial charge on any atom is 0.336 e. The van der Waals surface area contributed by atoms with Crippen LogP contribution in [0, 0.1) is 0 Å². The Hall–Kier alpha value is -3.81. The van der Waals surface area contributed by atoms with E-state index in [9.17, 15) is 19.5 Å². The molecule has 8 nitrogen and oxygen atoms in total. The predicted molar refractivity (Wildman–Crippen MR) is 116 cm³/mol. The second-order valence-corrected chi connectivity index (χ2v) is 7.07. The van der Waals surface area contributed by atoms with Crippen LogP contribution in [0.4, 0.5) is 5.69 Å². The normalized spacial score (nSPS) is 14.6. The molecule has 0 saturated carbocycles. The van der Waals surface area contributed by atoms with Crippen LogP contribution < -0.4 is 4.90 Å². The molecule has 2 heterocycles. The number of anilines is 1. The highest BCUT2D eigenvalue weighted by Gasteiger charge is 2.42. The van der Waals surface area contributed by atoms with E-state index in [1.807, 2.05) is 0 Å². The molecule has 8 heteroatoms. The molecular formula is C24H25NO7. The van der Waals surface area contributed by atoms with E-state index in [4.69, 9.17) is 13.9 Å². The highest BCUT2D eigenvalue weighted by Crippen LogP contribution is 2.44. The molecule has 1 aliphatic heterocycles. The summed E-state index contributed by atoms with van der Waals surface area (Å²) >= 11 is 0. The molecule has 32 heavy (non-hydrogen) atoms. The van der Waals surface area contributed by atoms with E-state index < -0.39 is 23.8 Å².